The third-order valence-electron chi connectivity index (χ3n) is 3.75. The predicted octanol–water partition coefficient (Wildman–Crippen LogP) is -0.459. The van der Waals surface area contributed by atoms with E-state index in [1.54, 1.807) is 0 Å². The molecule has 0 atom stereocenters. The summed E-state index contributed by atoms with van der Waals surface area (Å²) in [5.74, 6) is 0. The Balaban J connectivity index is 2.34. The van der Waals surface area contributed by atoms with Crippen molar-refractivity contribution in [3.8, 4) is 0 Å². The molecule has 0 amide bonds. The van der Waals surface area contributed by atoms with Gasteiger partial charge in [0.05, 0.1) is 0 Å². The van der Waals surface area contributed by atoms with Gasteiger partial charge in [-0.05, 0) is 28.1 Å². The molecular formula is C10H24N4OSi. The number of nitrogens with zero attached hydrogens (tertiary/aromatic N) is 4. The Morgan fingerprint density at radius 2 is 1.50 bits per heavy atom. The summed E-state index contributed by atoms with van der Waals surface area (Å²) >= 11 is 0. The molecule has 0 N–H and O–H groups in total. The summed E-state index contributed by atoms with van der Waals surface area (Å²) in [7, 11) is 4.59. The molecule has 2 heterocycles. The van der Waals surface area contributed by atoms with Crippen LogP contribution in [0.5, 0.6) is 0 Å². The molecule has 94 valence electrons. The molecule has 2 rings (SSSR count). The molecule has 0 aliphatic carbocycles. The van der Waals surface area contributed by atoms with Crippen molar-refractivity contribution < 1.29 is 4.43 Å². The Hall–Kier alpha value is 0.0169. The highest BCUT2D eigenvalue weighted by Gasteiger charge is 2.53. The Kier molecular flexibility index (Phi) is 3.68. The van der Waals surface area contributed by atoms with Crippen LogP contribution in [0, 0.1) is 0 Å². The van der Waals surface area contributed by atoms with E-state index in [-0.39, 0.29) is 0 Å². The zero-order valence-electron chi connectivity index (χ0n) is 10.9. The smallest absolute Gasteiger partial charge is 0.380 e. The SMILES string of the molecule is CCO[Si]12N(C)CCN(CCN1C)CN2C. The van der Waals surface area contributed by atoms with Crippen molar-refractivity contribution in [3.05, 3.63) is 0 Å². The zero-order chi connectivity index (χ0) is 11.8. The van der Waals surface area contributed by atoms with Crippen molar-refractivity contribution in [2.45, 2.75) is 6.92 Å². The molecule has 0 spiro atoms. The van der Waals surface area contributed by atoms with Crippen molar-refractivity contribution in [1.29, 1.82) is 0 Å². The van der Waals surface area contributed by atoms with Crippen molar-refractivity contribution >= 4 is 8.80 Å². The van der Waals surface area contributed by atoms with Crippen molar-refractivity contribution in [2.24, 2.45) is 0 Å². The fourth-order valence-electron chi connectivity index (χ4n) is 2.92. The molecule has 5 nitrogen and oxygen atoms in total. The fourth-order valence-corrected chi connectivity index (χ4v) is 6.88. The van der Waals surface area contributed by atoms with Crippen LogP contribution in [0.3, 0.4) is 0 Å². The van der Waals surface area contributed by atoms with E-state index in [0.717, 1.165) is 39.5 Å². The molecule has 2 fully saturated rings. The summed E-state index contributed by atoms with van der Waals surface area (Å²) in [6.45, 7) is 8.49. The predicted molar refractivity (Wildman–Crippen MR) is 66.8 cm³/mol. The Morgan fingerprint density at radius 1 is 0.938 bits per heavy atom. The second kappa shape index (κ2) is 4.71. The Bertz CT molecular complexity index is 239. The average Bonchev–Trinajstić information content (AvgIpc) is 2.44. The lowest BCUT2D eigenvalue weighted by atomic mass is 10.5. The number of rotatable bonds is 2. The molecular weight excluding hydrogens is 220 g/mol. The van der Waals surface area contributed by atoms with Gasteiger partial charge in [-0.25, -0.2) is 0 Å². The third kappa shape index (κ3) is 1.83. The van der Waals surface area contributed by atoms with Crippen LogP contribution in [0.1, 0.15) is 6.92 Å². The molecule has 0 saturated carbocycles. The maximum Gasteiger partial charge on any atom is 0.448 e. The van der Waals surface area contributed by atoms with Crippen molar-refractivity contribution in [2.75, 3.05) is 60.6 Å². The molecule has 2 aliphatic rings. The van der Waals surface area contributed by atoms with Gasteiger partial charge in [0.15, 0.2) is 0 Å². The Morgan fingerprint density at radius 3 is 2.00 bits per heavy atom. The molecule has 16 heavy (non-hydrogen) atoms. The highest BCUT2D eigenvalue weighted by molar-refractivity contribution is 6.65. The highest BCUT2D eigenvalue weighted by atomic mass is 28.4. The summed E-state index contributed by atoms with van der Waals surface area (Å²) in [6.07, 6.45) is 0. The maximum absolute atomic E-state index is 6.24. The first-order chi connectivity index (χ1) is 7.61. The quantitative estimate of drug-likeness (QED) is 0.612. The molecule has 0 aromatic heterocycles. The summed E-state index contributed by atoms with van der Waals surface area (Å²) in [5, 5.41) is 0. The average molecular weight is 244 g/mol. The molecule has 0 aromatic rings. The van der Waals surface area contributed by atoms with Gasteiger partial charge in [0.1, 0.15) is 0 Å². The number of hydrogen-bond donors (Lipinski definition) is 0. The van der Waals surface area contributed by atoms with E-state index < -0.39 is 8.80 Å². The van der Waals surface area contributed by atoms with Gasteiger partial charge >= 0.3 is 8.80 Å². The molecule has 2 saturated heterocycles. The van der Waals surface area contributed by atoms with Crippen LogP contribution >= 0.6 is 0 Å². The van der Waals surface area contributed by atoms with Gasteiger partial charge in [-0.3, -0.25) is 18.6 Å². The van der Waals surface area contributed by atoms with Gasteiger partial charge in [0.2, 0.25) is 0 Å². The second-order valence-electron chi connectivity index (χ2n) is 4.81. The van der Waals surface area contributed by atoms with E-state index in [0.29, 0.717) is 0 Å². The molecule has 0 unspecified atom stereocenters. The largest absolute Gasteiger partial charge is 0.448 e. The minimum atomic E-state index is -2.04. The highest BCUT2D eigenvalue weighted by Crippen LogP contribution is 2.24. The minimum Gasteiger partial charge on any atom is -0.380 e. The van der Waals surface area contributed by atoms with Crippen LogP contribution < -0.4 is 0 Å². The van der Waals surface area contributed by atoms with Crippen molar-refractivity contribution in [3.63, 3.8) is 0 Å². The zero-order valence-corrected chi connectivity index (χ0v) is 11.9. The van der Waals surface area contributed by atoms with Gasteiger partial charge in [-0.2, -0.15) is 0 Å². The van der Waals surface area contributed by atoms with Gasteiger partial charge < -0.3 is 4.43 Å². The van der Waals surface area contributed by atoms with E-state index in [1.807, 2.05) is 0 Å². The first-order valence-electron chi connectivity index (χ1n) is 6.11. The molecule has 2 bridgehead atoms. The lowest BCUT2D eigenvalue weighted by Crippen LogP contribution is -2.73. The third-order valence-corrected chi connectivity index (χ3v) is 7.99. The molecule has 2 aliphatic heterocycles. The van der Waals surface area contributed by atoms with Crippen LogP contribution in [0.2, 0.25) is 0 Å². The second-order valence-corrected chi connectivity index (χ2v) is 8.53. The number of hydrogen-bond acceptors (Lipinski definition) is 5. The first-order valence-corrected chi connectivity index (χ1v) is 7.86. The summed E-state index contributed by atoms with van der Waals surface area (Å²) in [6, 6.07) is 0. The summed E-state index contributed by atoms with van der Waals surface area (Å²) < 4.78 is 13.6. The van der Waals surface area contributed by atoms with Gasteiger partial charge in [0, 0.05) is 39.5 Å². The van der Waals surface area contributed by atoms with Crippen LogP contribution in [0.15, 0.2) is 0 Å². The van der Waals surface area contributed by atoms with Gasteiger partial charge in [0.25, 0.3) is 0 Å². The molecule has 6 heteroatoms. The van der Waals surface area contributed by atoms with E-state index >= 15 is 0 Å². The summed E-state index contributed by atoms with van der Waals surface area (Å²) in [4.78, 5) is 2.52. The first kappa shape index (κ1) is 12.5. The van der Waals surface area contributed by atoms with Crippen molar-refractivity contribution in [1.82, 2.24) is 18.6 Å². The monoisotopic (exact) mass is 244 g/mol. The molecule has 0 radical (unpaired) electrons. The number of likely N-dealkylation sites (N-methyl/N-ethyl adjacent to an activating group) is 2. The topological polar surface area (TPSA) is 22.2 Å². The van der Waals surface area contributed by atoms with E-state index in [1.165, 1.54) is 0 Å². The summed E-state index contributed by atoms with van der Waals surface area (Å²) in [5.41, 5.74) is 0. The standard InChI is InChI=1S/C10H24N4OSi/c1-5-15-16-11(2)6-8-14(10-13(16)4)9-7-12(16)3/h5-10H2,1-4H3. The fraction of sp³-hybridized carbons (Fsp3) is 1.00. The maximum atomic E-state index is 6.24. The van der Waals surface area contributed by atoms with Gasteiger partial charge in [-0.1, -0.05) is 0 Å². The van der Waals surface area contributed by atoms with Crippen LogP contribution in [-0.4, -0.2) is 88.0 Å². The lowest BCUT2D eigenvalue weighted by molar-refractivity contribution is 0.157. The number of fused-ring (bicyclic) bond motifs is 3. The van der Waals surface area contributed by atoms with Crippen LogP contribution in [-0.2, 0) is 4.43 Å². The normalized spacial score (nSPS) is 38.6. The minimum absolute atomic E-state index is 0.797. The van der Waals surface area contributed by atoms with Crippen LogP contribution in [0.4, 0.5) is 0 Å². The van der Waals surface area contributed by atoms with E-state index in [2.05, 4.69) is 46.7 Å². The van der Waals surface area contributed by atoms with E-state index in [9.17, 15) is 0 Å². The molecule has 0 aromatic carbocycles. The lowest BCUT2D eigenvalue weighted by Gasteiger charge is -2.46. The van der Waals surface area contributed by atoms with Crippen LogP contribution in [0.25, 0.3) is 0 Å². The Labute approximate surface area is 99.9 Å². The van der Waals surface area contributed by atoms with Gasteiger partial charge in [-0.15, -0.1) is 0 Å². The van der Waals surface area contributed by atoms with E-state index in [4.69, 9.17) is 4.43 Å².